The Hall–Kier alpha value is -1.97. The van der Waals surface area contributed by atoms with Crippen molar-refractivity contribution in [2.75, 3.05) is 6.61 Å². The molecule has 2 aromatic rings. The third-order valence-electron chi connectivity index (χ3n) is 2.52. The summed E-state index contributed by atoms with van der Waals surface area (Å²) < 4.78 is 13.3. The minimum Gasteiger partial charge on any atom is -0.486 e. The SMILES string of the molecule is c1ccc2c(c1)OCC(Cn1cccn1)O2. The molecule has 1 aliphatic heterocycles. The van der Waals surface area contributed by atoms with Crippen LogP contribution in [0.1, 0.15) is 0 Å². The minimum atomic E-state index is 0.0230. The maximum absolute atomic E-state index is 5.82. The fraction of sp³-hybridized carbons (Fsp3) is 0.250. The predicted molar refractivity (Wildman–Crippen MR) is 58.6 cm³/mol. The van der Waals surface area contributed by atoms with E-state index in [1.807, 2.05) is 41.2 Å². The van der Waals surface area contributed by atoms with Gasteiger partial charge in [-0.1, -0.05) is 12.1 Å². The first-order valence-electron chi connectivity index (χ1n) is 5.28. The molecule has 4 heteroatoms. The van der Waals surface area contributed by atoms with E-state index in [1.54, 1.807) is 6.20 Å². The number of benzene rings is 1. The molecular weight excluding hydrogens is 204 g/mol. The van der Waals surface area contributed by atoms with E-state index in [0.29, 0.717) is 13.2 Å². The second kappa shape index (κ2) is 3.89. The summed E-state index contributed by atoms with van der Waals surface area (Å²) in [5.74, 6) is 1.63. The Balaban J connectivity index is 1.73. The second-order valence-corrected chi connectivity index (χ2v) is 3.73. The number of fused-ring (bicyclic) bond motifs is 1. The first-order chi connectivity index (χ1) is 7.92. The molecule has 1 unspecified atom stereocenters. The number of nitrogens with zero attached hydrogens (tertiary/aromatic N) is 2. The lowest BCUT2D eigenvalue weighted by atomic mass is 10.2. The molecule has 0 saturated carbocycles. The van der Waals surface area contributed by atoms with Gasteiger partial charge in [-0.3, -0.25) is 4.68 Å². The Morgan fingerprint density at radius 3 is 2.94 bits per heavy atom. The van der Waals surface area contributed by atoms with Crippen LogP contribution in [-0.2, 0) is 6.54 Å². The van der Waals surface area contributed by atoms with Crippen molar-refractivity contribution in [3.63, 3.8) is 0 Å². The van der Waals surface area contributed by atoms with Crippen LogP contribution in [0.2, 0.25) is 0 Å². The number of hydrogen-bond donors (Lipinski definition) is 0. The summed E-state index contributed by atoms with van der Waals surface area (Å²) >= 11 is 0. The normalized spacial score (nSPS) is 18.4. The van der Waals surface area contributed by atoms with Gasteiger partial charge in [0.1, 0.15) is 6.61 Å². The van der Waals surface area contributed by atoms with E-state index in [1.165, 1.54) is 0 Å². The highest BCUT2D eigenvalue weighted by Gasteiger charge is 2.20. The van der Waals surface area contributed by atoms with E-state index in [0.717, 1.165) is 11.5 Å². The van der Waals surface area contributed by atoms with Crippen molar-refractivity contribution in [3.05, 3.63) is 42.7 Å². The maximum atomic E-state index is 5.82. The zero-order chi connectivity index (χ0) is 10.8. The third-order valence-corrected chi connectivity index (χ3v) is 2.52. The molecule has 1 aromatic heterocycles. The molecule has 16 heavy (non-hydrogen) atoms. The smallest absolute Gasteiger partial charge is 0.161 e. The highest BCUT2D eigenvalue weighted by Crippen LogP contribution is 2.31. The largest absolute Gasteiger partial charge is 0.486 e. The van der Waals surface area contributed by atoms with Crippen LogP contribution in [0, 0.1) is 0 Å². The Kier molecular flexibility index (Phi) is 2.25. The van der Waals surface area contributed by atoms with Gasteiger partial charge in [0.15, 0.2) is 17.6 Å². The molecule has 2 heterocycles. The van der Waals surface area contributed by atoms with Crippen molar-refractivity contribution in [1.82, 2.24) is 9.78 Å². The summed E-state index contributed by atoms with van der Waals surface area (Å²) in [5, 5.41) is 4.15. The van der Waals surface area contributed by atoms with Gasteiger partial charge in [-0.2, -0.15) is 5.10 Å². The first-order valence-corrected chi connectivity index (χ1v) is 5.28. The van der Waals surface area contributed by atoms with E-state index in [-0.39, 0.29) is 6.10 Å². The molecule has 0 amide bonds. The van der Waals surface area contributed by atoms with Gasteiger partial charge < -0.3 is 9.47 Å². The van der Waals surface area contributed by atoms with E-state index in [4.69, 9.17) is 9.47 Å². The predicted octanol–water partition coefficient (Wildman–Crippen LogP) is 1.72. The van der Waals surface area contributed by atoms with Crippen LogP contribution in [0.5, 0.6) is 11.5 Å². The first kappa shape index (κ1) is 9.27. The molecule has 1 aliphatic rings. The monoisotopic (exact) mass is 216 g/mol. The molecule has 0 fully saturated rings. The van der Waals surface area contributed by atoms with Gasteiger partial charge in [0.2, 0.25) is 0 Å². The second-order valence-electron chi connectivity index (χ2n) is 3.73. The van der Waals surface area contributed by atoms with Gasteiger partial charge >= 0.3 is 0 Å². The van der Waals surface area contributed by atoms with Crippen LogP contribution in [0.15, 0.2) is 42.7 Å². The summed E-state index contributed by atoms with van der Waals surface area (Å²) in [7, 11) is 0. The van der Waals surface area contributed by atoms with Crippen LogP contribution >= 0.6 is 0 Å². The van der Waals surface area contributed by atoms with Crippen LogP contribution in [0.3, 0.4) is 0 Å². The summed E-state index contributed by atoms with van der Waals surface area (Å²) in [6.45, 7) is 1.28. The molecule has 0 N–H and O–H groups in total. The van der Waals surface area contributed by atoms with Crippen molar-refractivity contribution >= 4 is 0 Å². The number of ether oxygens (including phenoxy) is 2. The summed E-state index contributed by atoms with van der Waals surface area (Å²) in [6, 6.07) is 9.62. The van der Waals surface area contributed by atoms with Crippen molar-refractivity contribution < 1.29 is 9.47 Å². The summed E-state index contributed by atoms with van der Waals surface area (Å²) in [6.07, 6.45) is 3.71. The topological polar surface area (TPSA) is 36.3 Å². The Labute approximate surface area is 93.4 Å². The quantitative estimate of drug-likeness (QED) is 0.767. The number of rotatable bonds is 2. The van der Waals surface area contributed by atoms with Crippen LogP contribution in [0.4, 0.5) is 0 Å². The Morgan fingerprint density at radius 1 is 1.25 bits per heavy atom. The zero-order valence-electron chi connectivity index (χ0n) is 8.74. The number of hydrogen-bond acceptors (Lipinski definition) is 3. The van der Waals surface area contributed by atoms with Crippen LogP contribution < -0.4 is 9.47 Å². The Morgan fingerprint density at radius 2 is 2.12 bits per heavy atom. The fourth-order valence-electron chi connectivity index (χ4n) is 1.77. The maximum Gasteiger partial charge on any atom is 0.161 e. The van der Waals surface area contributed by atoms with Crippen molar-refractivity contribution in [3.8, 4) is 11.5 Å². The lowest BCUT2D eigenvalue weighted by Crippen LogP contribution is -2.33. The lowest BCUT2D eigenvalue weighted by molar-refractivity contribution is 0.0759. The fourth-order valence-corrected chi connectivity index (χ4v) is 1.77. The molecule has 1 atom stereocenters. The Bertz CT molecular complexity index is 468. The van der Waals surface area contributed by atoms with Crippen molar-refractivity contribution in [2.45, 2.75) is 12.6 Å². The zero-order valence-corrected chi connectivity index (χ0v) is 8.74. The molecule has 3 rings (SSSR count). The molecule has 0 saturated heterocycles. The third kappa shape index (κ3) is 1.74. The highest BCUT2D eigenvalue weighted by atomic mass is 16.6. The molecule has 4 nitrogen and oxygen atoms in total. The average Bonchev–Trinajstić information content (AvgIpc) is 2.82. The van der Waals surface area contributed by atoms with Gasteiger partial charge in [0.25, 0.3) is 0 Å². The molecular formula is C12H12N2O2. The standard InChI is InChI=1S/C12H12N2O2/c1-2-5-12-11(4-1)15-9-10(16-12)8-14-7-3-6-13-14/h1-7,10H,8-9H2. The van der Waals surface area contributed by atoms with Gasteiger partial charge in [0.05, 0.1) is 6.54 Å². The van der Waals surface area contributed by atoms with Gasteiger partial charge in [0, 0.05) is 12.4 Å². The number of aromatic nitrogens is 2. The number of para-hydroxylation sites is 2. The summed E-state index contributed by atoms with van der Waals surface area (Å²) in [4.78, 5) is 0. The molecule has 82 valence electrons. The van der Waals surface area contributed by atoms with E-state index in [9.17, 15) is 0 Å². The van der Waals surface area contributed by atoms with E-state index < -0.39 is 0 Å². The highest BCUT2D eigenvalue weighted by molar-refractivity contribution is 5.40. The lowest BCUT2D eigenvalue weighted by Gasteiger charge is -2.26. The average molecular weight is 216 g/mol. The summed E-state index contributed by atoms with van der Waals surface area (Å²) in [5.41, 5.74) is 0. The molecule has 0 aliphatic carbocycles. The molecule has 0 radical (unpaired) electrons. The molecule has 0 spiro atoms. The van der Waals surface area contributed by atoms with Gasteiger partial charge in [-0.25, -0.2) is 0 Å². The van der Waals surface area contributed by atoms with Crippen LogP contribution in [0.25, 0.3) is 0 Å². The van der Waals surface area contributed by atoms with E-state index >= 15 is 0 Å². The van der Waals surface area contributed by atoms with Crippen molar-refractivity contribution in [2.24, 2.45) is 0 Å². The van der Waals surface area contributed by atoms with Gasteiger partial charge in [-0.15, -0.1) is 0 Å². The van der Waals surface area contributed by atoms with E-state index in [2.05, 4.69) is 5.10 Å². The van der Waals surface area contributed by atoms with Crippen molar-refractivity contribution in [1.29, 1.82) is 0 Å². The minimum absolute atomic E-state index is 0.0230. The molecule has 0 bridgehead atoms. The van der Waals surface area contributed by atoms with Gasteiger partial charge in [-0.05, 0) is 18.2 Å². The van der Waals surface area contributed by atoms with Crippen LogP contribution in [-0.4, -0.2) is 22.5 Å². The molecule has 1 aromatic carbocycles.